The van der Waals surface area contributed by atoms with E-state index >= 15 is 0 Å². The molecule has 0 unspecified atom stereocenters. The molecule has 4 rings (SSSR count). The summed E-state index contributed by atoms with van der Waals surface area (Å²) >= 11 is 0. The second-order valence-electron chi connectivity index (χ2n) is 7.92. The van der Waals surface area contributed by atoms with Gasteiger partial charge in [-0.3, -0.25) is 19.3 Å². The molecule has 1 heterocycles. The number of para-hydroxylation sites is 1. The van der Waals surface area contributed by atoms with Gasteiger partial charge in [0.05, 0.1) is 23.1 Å². The first-order chi connectivity index (χ1) is 14.6. The van der Waals surface area contributed by atoms with E-state index in [1.165, 1.54) is 19.1 Å². The van der Waals surface area contributed by atoms with E-state index in [1.807, 2.05) is 12.2 Å². The van der Waals surface area contributed by atoms with Crippen LogP contribution in [0.2, 0.25) is 0 Å². The molecule has 1 saturated carbocycles. The number of nitrogens with one attached hydrogen (secondary N) is 1. The molecular formula is C21H19F3N2O5. The summed E-state index contributed by atoms with van der Waals surface area (Å²) in [6.07, 6.45) is -0.0732. The van der Waals surface area contributed by atoms with Crippen LogP contribution in [0.5, 0.6) is 0 Å². The number of allylic oxidation sites excluding steroid dienone is 2. The number of carbonyl (C=O) groups is 4. The minimum absolute atomic E-state index is 0.0147. The molecule has 0 spiro atoms. The smallest absolute Gasteiger partial charge is 0.418 e. The molecule has 0 radical (unpaired) electrons. The van der Waals surface area contributed by atoms with E-state index in [1.54, 1.807) is 0 Å². The molecule has 7 nitrogen and oxygen atoms in total. The lowest BCUT2D eigenvalue weighted by Crippen LogP contribution is -2.45. The van der Waals surface area contributed by atoms with Gasteiger partial charge in [-0.2, -0.15) is 13.2 Å². The molecule has 2 bridgehead atoms. The minimum atomic E-state index is -4.67. The summed E-state index contributed by atoms with van der Waals surface area (Å²) in [6, 6.07) is 3.16. The summed E-state index contributed by atoms with van der Waals surface area (Å²) in [6.45, 7) is 0.469. The highest BCUT2D eigenvalue weighted by atomic mass is 19.4. The van der Waals surface area contributed by atoms with E-state index in [0.717, 1.165) is 23.5 Å². The van der Waals surface area contributed by atoms with Crippen LogP contribution in [0.25, 0.3) is 0 Å². The maximum atomic E-state index is 13.0. The number of amides is 3. The van der Waals surface area contributed by atoms with Crippen molar-refractivity contribution in [3.05, 3.63) is 42.0 Å². The van der Waals surface area contributed by atoms with Crippen molar-refractivity contribution < 1.29 is 37.1 Å². The van der Waals surface area contributed by atoms with Gasteiger partial charge in [0.2, 0.25) is 11.8 Å². The van der Waals surface area contributed by atoms with E-state index in [9.17, 15) is 32.3 Å². The predicted molar refractivity (Wildman–Crippen MR) is 100 cm³/mol. The number of anilines is 1. The summed E-state index contributed by atoms with van der Waals surface area (Å²) in [4.78, 5) is 50.7. The number of fused-ring (bicyclic) bond motifs is 5. The van der Waals surface area contributed by atoms with Gasteiger partial charge in [-0.25, -0.2) is 4.79 Å². The normalized spacial score (nSPS) is 27.4. The fourth-order valence-electron chi connectivity index (χ4n) is 4.70. The van der Waals surface area contributed by atoms with Gasteiger partial charge in [0.1, 0.15) is 6.04 Å². The molecule has 1 saturated heterocycles. The van der Waals surface area contributed by atoms with Crippen molar-refractivity contribution >= 4 is 29.4 Å². The monoisotopic (exact) mass is 436 g/mol. The Kier molecular flexibility index (Phi) is 5.10. The first-order valence-electron chi connectivity index (χ1n) is 9.77. The highest BCUT2D eigenvalue weighted by molar-refractivity contribution is 6.09. The van der Waals surface area contributed by atoms with E-state index in [-0.39, 0.29) is 11.8 Å². The summed E-state index contributed by atoms with van der Waals surface area (Å²) in [5.74, 6) is -3.80. The molecular weight excluding hydrogens is 417 g/mol. The second kappa shape index (κ2) is 7.51. The molecule has 5 atom stereocenters. The largest absolute Gasteiger partial charge is 0.454 e. The predicted octanol–water partition coefficient (Wildman–Crippen LogP) is 2.38. The maximum absolute atomic E-state index is 13.0. The lowest BCUT2D eigenvalue weighted by molar-refractivity contribution is -0.159. The van der Waals surface area contributed by atoms with E-state index < -0.39 is 65.6 Å². The van der Waals surface area contributed by atoms with Crippen molar-refractivity contribution in [2.24, 2.45) is 23.7 Å². The summed E-state index contributed by atoms with van der Waals surface area (Å²) in [7, 11) is 0. The van der Waals surface area contributed by atoms with Crippen molar-refractivity contribution in [2.75, 3.05) is 11.9 Å². The Bertz CT molecular complexity index is 959. The standard InChI is InChI=1S/C21H19F3N2O5/c1-10(26-18(28)16-11-6-7-12(8-11)17(16)19(26)29)20(30)31-9-15(27)25-14-5-3-2-4-13(14)21(22,23)24/h2-7,10-12,16-17H,8-9H2,1H3,(H,25,27)/t10-,11+,12+,16-,17-/m1/s1. The van der Waals surface area contributed by atoms with Crippen molar-refractivity contribution in [2.45, 2.75) is 25.6 Å². The quantitative estimate of drug-likeness (QED) is 0.435. The molecule has 164 valence electrons. The number of rotatable bonds is 5. The van der Waals surface area contributed by atoms with Crippen LogP contribution in [0.4, 0.5) is 18.9 Å². The molecule has 2 aliphatic carbocycles. The summed E-state index contributed by atoms with van der Waals surface area (Å²) in [5.41, 5.74) is -1.50. The molecule has 1 aromatic rings. The van der Waals surface area contributed by atoms with Crippen LogP contribution in [0, 0.1) is 23.7 Å². The van der Waals surface area contributed by atoms with E-state index in [2.05, 4.69) is 5.32 Å². The Morgan fingerprint density at radius 2 is 1.71 bits per heavy atom. The first-order valence-corrected chi connectivity index (χ1v) is 9.77. The van der Waals surface area contributed by atoms with Crippen LogP contribution in [0.15, 0.2) is 36.4 Å². The number of likely N-dealkylation sites (tertiary alicyclic amines) is 1. The van der Waals surface area contributed by atoms with Crippen LogP contribution >= 0.6 is 0 Å². The molecule has 0 aromatic heterocycles. The fraction of sp³-hybridized carbons (Fsp3) is 0.429. The molecule has 3 amide bonds. The molecule has 1 N–H and O–H groups in total. The van der Waals surface area contributed by atoms with Gasteiger partial charge in [0.25, 0.3) is 5.91 Å². The van der Waals surface area contributed by atoms with Crippen LogP contribution in [0.1, 0.15) is 18.9 Å². The number of benzene rings is 1. The zero-order chi connectivity index (χ0) is 22.5. The third-order valence-electron chi connectivity index (χ3n) is 6.08. The second-order valence-corrected chi connectivity index (χ2v) is 7.92. The summed E-state index contributed by atoms with van der Waals surface area (Å²) < 4.78 is 43.9. The van der Waals surface area contributed by atoms with Gasteiger partial charge in [-0.05, 0) is 37.3 Å². The fourth-order valence-corrected chi connectivity index (χ4v) is 4.70. The molecule has 1 aliphatic heterocycles. The Labute approximate surface area is 175 Å². The highest BCUT2D eigenvalue weighted by Gasteiger charge is 2.60. The van der Waals surface area contributed by atoms with Gasteiger partial charge in [-0.15, -0.1) is 0 Å². The molecule has 2 fully saturated rings. The van der Waals surface area contributed by atoms with Crippen LogP contribution in [0.3, 0.4) is 0 Å². The lowest BCUT2D eigenvalue weighted by atomic mass is 9.85. The number of nitrogens with zero attached hydrogens (tertiary/aromatic N) is 1. The van der Waals surface area contributed by atoms with Gasteiger partial charge in [-0.1, -0.05) is 24.3 Å². The number of carbonyl (C=O) groups excluding carboxylic acids is 4. The zero-order valence-corrected chi connectivity index (χ0v) is 16.4. The third-order valence-corrected chi connectivity index (χ3v) is 6.08. The molecule has 10 heteroatoms. The van der Waals surface area contributed by atoms with Crippen molar-refractivity contribution in [1.29, 1.82) is 0 Å². The highest BCUT2D eigenvalue weighted by Crippen LogP contribution is 2.52. The molecule has 31 heavy (non-hydrogen) atoms. The Balaban J connectivity index is 1.36. The molecule has 3 aliphatic rings. The minimum Gasteiger partial charge on any atom is -0.454 e. The average molecular weight is 436 g/mol. The Hall–Kier alpha value is -3.17. The number of halogens is 3. The molecule has 1 aromatic carbocycles. The number of hydrogen-bond acceptors (Lipinski definition) is 5. The zero-order valence-electron chi connectivity index (χ0n) is 16.4. The van der Waals surface area contributed by atoms with Crippen LogP contribution in [-0.4, -0.2) is 41.2 Å². The van der Waals surface area contributed by atoms with E-state index in [4.69, 9.17) is 4.74 Å². The SMILES string of the molecule is C[C@H](C(=O)OCC(=O)Nc1ccccc1C(F)(F)F)N1C(=O)[C@H]2[C@H](C1=O)[C@H]1C=C[C@H]2C1. The number of esters is 1. The average Bonchev–Trinajstić information content (AvgIpc) is 3.39. The third kappa shape index (κ3) is 3.60. The van der Waals surface area contributed by atoms with Crippen molar-refractivity contribution in [3.63, 3.8) is 0 Å². The van der Waals surface area contributed by atoms with Gasteiger partial charge in [0.15, 0.2) is 6.61 Å². The maximum Gasteiger partial charge on any atom is 0.418 e. The first kappa shape index (κ1) is 21.1. The van der Waals surface area contributed by atoms with Crippen LogP contribution in [-0.2, 0) is 30.1 Å². The van der Waals surface area contributed by atoms with Crippen molar-refractivity contribution in [1.82, 2.24) is 4.90 Å². The van der Waals surface area contributed by atoms with Gasteiger partial charge >= 0.3 is 12.1 Å². The summed E-state index contributed by atoms with van der Waals surface area (Å²) in [5, 5.41) is 2.06. The number of alkyl halides is 3. The van der Waals surface area contributed by atoms with Crippen molar-refractivity contribution in [3.8, 4) is 0 Å². The van der Waals surface area contributed by atoms with E-state index in [0.29, 0.717) is 0 Å². The van der Waals surface area contributed by atoms with Gasteiger partial charge in [0, 0.05) is 0 Å². The Morgan fingerprint density at radius 3 is 2.29 bits per heavy atom. The van der Waals surface area contributed by atoms with Gasteiger partial charge < -0.3 is 10.1 Å². The number of imide groups is 1. The topological polar surface area (TPSA) is 92.8 Å². The number of ether oxygens (including phenoxy) is 1. The lowest BCUT2D eigenvalue weighted by Gasteiger charge is -2.23. The van der Waals surface area contributed by atoms with Crippen LogP contribution < -0.4 is 5.32 Å². The number of hydrogen-bond donors (Lipinski definition) is 1. The Morgan fingerprint density at radius 1 is 1.13 bits per heavy atom.